The molecule has 5 heteroatoms. The highest BCUT2D eigenvalue weighted by Gasteiger charge is 2.12. The Bertz CT molecular complexity index is 1120. The fraction of sp³-hybridized carbons (Fsp3) is 0.222. The van der Waals surface area contributed by atoms with Crippen molar-refractivity contribution >= 4 is 5.91 Å². The molecule has 1 N–H and O–H groups in total. The monoisotopic (exact) mass is 425 g/mol. The van der Waals surface area contributed by atoms with Gasteiger partial charge in [-0.3, -0.25) is 4.79 Å². The molecule has 5 nitrogen and oxygen atoms in total. The topological polar surface area (TPSA) is 68.0 Å². The summed E-state index contributed by atoms with van der Waals surface area (Å²) in [4.78, 5) is 16.7. The van der Waals surface area contributed by atoms with Crippen molar-refractivity contribution in [3.05, 3.63) is 96.4 Å². The van der Waals surface area contributed by atoms with E-state index in [0.29, 0.717) is 24.6 Å². The number of aromatic nitrogens is 2. The van der Waals surface area contributed by atoms with Crippen LogP contribution in [-0.2, 0) is 17.6 Å². The predicted molar refractivity (Wildman–Crippen MR) is 126 cm³/mol. The third-order valence-corrected chi connectivity index (χ3v) is 5.40. The minimum absolute atomic E-state index is 0.00229. The van der Waals surface area contributed by atoms with E-state index in [1.54, 1.807) is 0 Å². The molecule has 1 atom stereocenters. The first-order chi connectivity index (χ1) is 15.7. The Labute approximate surface area is 188 Å². The van der Waals surface area contributed by atoms with E-state index in [0.717, 1.165) is 29.5 Å². The molecule has 4 aromatic rings. The van der Waals surface area contributed by atoms with Gasteiger partial charge in [-0.15, -0.1) is 0 Å². The molecule has 3 aromatic carbocycles. The van der Waals surface area contributed by atoms with E-state index in [-0.39, 0.29) is 11.9 Å². The van der Waals surface area contributed by atoms with Gasteiger partial charge in [0.2, 0.25) is 17.6 Å². The third-order valence-electron chi connectivity index (χ3n) is 5.40. The summed E-state index contributed by atoms with van der Waals surface area (Å²) >= 11 is 0. The van der Waals surface area contributed by atoms with Crippen molar-refractivity contribution in [2.45, 2.75) is 38.6 Å². The van der Waals surface area contributed by atoms with E-state index in [1.165, 1.54) is 5.56 Å². The molecule has 4 rings (SSSR count). The first-order valence-electron chi connectivity index (χ1n) is 11.0. The molecule has 0 aliphatic carbocycles. The van der Waals surface area contributed by atoms with Crippen LogP contribution in [0.25, 0.3) is 22.5 Å². The molecule has 0 aliphatic heterocycles. The van der Waals surface area contributed by atoms with Gasteiger partial charge in [0, 0.05) is 24.4 Å². The van der Waals surface area contributed by atoms with Crippen molar-refractivity contribution < 1.29 is 9.32 Å². The molecule has 1 amide bonds. The lowest BCUT2D eigenvalue weighted by molar-refractivity contribution is -0.121. The van der Waals surface area contributed by atoms with Gasteiger partial charge in [-0.1, -0.05) is 90.1 Å². The zero-order chi connectivity index (χ0) is 22.2. The maximum absolute atomic E-state index is 12.3. The number of nitrogens with zero attached hydrogens (tertiary/aromatic N) is 2. The average molecular weight is 426 g/mol. The molecule has 0 fully saturated rings. The van der Waals surface area contributed by atoms with Crippen molar-refractivity contribution in [1.82, 2.24) is 15.5 Å². The van der Waals surface area contributed by atoms with Crippen LogP contribution in [0.4, 0.5) is 0 Å². The molecule has 0 saturated carbocycles. The van der Waals surface area contributed by atoms with Gasteiger partial charge in [-0.2, -0.15) is 4.98 Å². The number of carbonyl (C=O) groups is 1. The van der Waals surface area contributed by atoms with Crippen molar-refractivity contribution in [3.63, 3.8) is 0 Å². The maximum atomic E-state index is 12.3. The van der Waals surface area contributed by atoms with E-state index < -0.39 is 0 Å². The quantitative estimate of drug-likeness (QED) is 0.386. The van der Waals surface area contributed by atoms with E-state index >= 15 is 0 Å². The molecule has 1 unspecified atom stereocenters. The van der Waals surface area contributed by atoms with Gasteiger partial charge < -0.3 is 9.84 Å². The summed E-state index contributed by atoms with van der Waals surface area (Å²) in [5, 5.41) is 7.12. The van der Waals surface area contributed by atoms with E-state index in [2.05, 4.69) is 39.7 Å². The van der Waals surface area contributed by atoms with Crippen molar-refractivity contribution in [1.29, 1.82) is 0 Å². The molecular formula is C27H27N3O2. The number of hydrogen-bond donors (Lipinski definition) is 1. The maximum Gasteiger partial charge on any atom is 0.227 e. The van der Waals surface area contributed by atoms with E-state index in [4.69, 9.17) is 4.52 Å². The standard InChI is InChI=1S/C27H27N3O2/c1-20(12-13-21-8-4-2-5-9-21)28-25(31)18-19-26-29-27(30-32-26)24-16-14-23(15-17-24)22-10-6-3-7-11-22/h2-11,14-17,20H,12-13,18-19H2,1H3,(H,28,31). The lowest BCUT2D eigenvalue weighted by Crippen LogP contribution is -2.33. The van der Waals surface area contributed by atoms with Gasteiger partial charge in [0.25, 0.3) is 0 Å². The smallest absolute Gasteiger partial charge is 0.227 e. The second-order valence-corrected chi connectivity index (χ2v) is 7.95. The summed E-state index contributed by atoms with van der Waals surface area (Å²) in [6.45, 7) is 2.03. The van der Waals surface area contributed by atoms with Crippen LogP contribution in [0.15, 0.2) is 89.5 Å². The van der Waals surface area contributed by atoms with Crippen LogP contribution in [0, 0.1) is 0 Å². The molecule has 0 spiro atoms. The zero-order valence-corrected chi connectivity index (χ0v) is 18.2. The minimum Gasteiger partial charge on any atom is -0.354 e. The summed E-state index contributed by atoms with van der Waals surface area (Å²) in [5.41, 5.74) is 4.47. The highest BCUT2D eigenvalue weighted by Crippen LogP contribution is 2.23. The van der Waals surface area contributed by atoms with Gasteiger partial charge in [-0.25, -0.2) is 0 Å². The molecule has 1 heterocycles. The van der Waals surface area contributed by atoms with Gasteiger partial charge in [0.15, 0.2) is 0 Å². The summed E-state index contributed by atoms with van der Waals surface area (Å²) in [6.07, 6.45) is 2.59. The molecule has 32 heavy (non-hydrogen) atoms. The van der Waals surface area contributed by atoms with Gasteiger partial charge >= 0.3 is 0 Å². The van der Waals surface area contributed by atoms with Gasteiger partial charge in [-0.05, 0) is 36.5 Å². The number of nitrogens with one attached hydrogen (secondary N) is 1. The highest BCUT2D eigenvalue weighted by molar-refractivity contribution is 5.76. The molecule has 162 valence electrons. The lowest BCUT2D eigenvalue weighted by Gasteiger charge is -2.13. The van der Waals surface area contributed by atoms with Crippen LogP contribution in [-0.4, -0.2) is 22.1 Å². The van der Waals surface area contributed by atoms with Gasteiger partial charge in [0.05, 0.1) is 0 Å². The van der Waals surface area contributed by atoms with E-state index in [1.807, 2.05) is 67.6 Å². The molecule has 0 radical (unpaired) electrons. The fourth-order valence-electron chi connectivity index (χ4n) is 3.58. The largest absolute Gasteiger partial charge is 0.354 e. The first kappa shape index (κ1) is 21.5. The number of hydrogen-bond acceptors (Lipinski definition) is 4. The Morgan fingerprint density at radius 3 is 2.19 bits per heavy atom. The number of rotatable bonds is 9. The lowest BCUT2D eigenvalue weighted by atomic mass is 10.0. The Kier molecular flexibility index (Phi) is 7.08. The number of carbonyl (C=O) groups excluding carboxylic acids is 1. The Balaban J connectivity index is 1.25. The SMILES string of the molecule is CC(CCc1ccccc1)NC(=O)CCc1nc(-c2ccc(-c3ccccc3)cc2)no1. The Morgan fingerprint density at radius 2 is 1.47 bits per heavy atom. The van der Waals surface area contributed by atoms with Crippen molar-refractivity contribution in [2.24, 2.45) is 0 Å². The van der Waals surface area contributed by atoms with Crippen LogP contribution in [0.5, 0.6) is 0 Å². The van der Waals surface area contributed by atoms with Crippen LogP contribution in [0.1, 0.15) is 31.2 Å². The highest BCUT2D eigenvalue weighted by atomic mass is 16.5. The predicted octanol–water partition coefficient (Wildman–Crippen LogP) is 5.47. The van der Waals surface area contributed by atoms with Crippen LogP contribution in [0.2, 0.25) is 0 Å². The first-order valence-corrected chi connectivity index (χ1v) is 11.0. The molecular weight excluding hydrogens is 398 g/mol. The summed E-state index contributed by atoms with van der Waals surface area (Å²) in [7, 11) is 0. The third kappa shape index (κ3) is 5.91. The van der Waals surface area contributed by atoms with Crippen LogP contribution >= 0.6 is 0 Å². The van der Waals surface area contributed by atoms with Crippen LogP contribution in [0.3, 0.4) is 0 Å². The van der Waals surface area contributed by atoms with Crippen molar-refractivity contribution in [3.8, 4) is 22.5 Å². The Morgan fingerprint density at radius 1 is 0.844 bits per heavy atom. The Hall–Kier alpha value is -3.73. The molecule has 0 saturated heterocycles. The summed E-state index contributed by atoms with van der Waals surface area (Å²) < 4.78 is 5.35. The van der Waals surface area contributed by atoms with Gasteiger partial charge in [0.1, 0.15) is 0 Å². The fourth-order valence-corrected chi connectivity index (χ4v) is 3.58. The van der Waals surface area contributed by atoms with Crippen molar-refractivity contribution in [2.75, 3.05) is 0 Å². The molecule has 0 aliphatic rings. The normalized spacial score (nSPS) is 11.8. The van der Waals surface area contributed by atoms with E-state index in [9.17, 15) is 4.79 Å². The zero-order valence-electron chi connectivity index (χ0n) is 18.2. The minimum atomic E-state index is -0.00229. The van der Waals surface area contributed by atoms with Crippen LogP contribution < -0.4 is 5.32 Å². The molecule has 0 bridgehead atoms. The second kappa shape index (κ2) is 10.5. The second-order valence-electron chi connectivity index (χ2n) is 7.95. The summed E-state index contributed by atoms with van der Waals surface area (Å²) in [6, 6.07) is 28.7. The number of aryl methyl sites for hydroxylation is 2. The molecule has 1 aromatic heterocycles. The number of benzene rings is 3. The average Bonchev–Trinajstić information content (AvgIpc) is 3.32. The number of amides is 1. The summed E-state index contributed by atoms with van der Waals surface area (Å²) in [5.74, 6) is 1.01.